The number of rotatable bonds is 5. The highest BCUT2D eigenvalue weighted by atomic mass is 35.5. The van der Waals surface area contributed by atoms with Gasteiger partial charge in [0.1, 0.15) is 5.84 Å². The molecular formula is C12H17ClN2S. The minimum absolute atomic E-state index is 0.555. The second-order valence-electron chi connectivity index (χ2n) is 3.97. The summed E-state index contributed by atoms with van der Waals surface area (Å²) < 4.78 is 0. The Morgan fingerprint density at radius 1 is 1.38 bits per heavy atom. The Labute approximate surface area is 106 Å². The van der Waals surface area contributed by atoms with Gasteiger partial charge in [0.2, 0.25) is 0 Å². The van der Waals surface area contributed by atoms with E-state index in [1.807, 2.05) is 24.3 Å². The van der Waals surface area contributed by atoms with Crippen molar-refractivity contribution >= 4 is 29.2 Å². The molecule has 88 valence electrons. The van der Waals surface area contributed by atoms with E-state index in [0.29, 0.717) is 11.8 Å². The highest BCUT2D eigenvalue weighted by Gasteiger charge is 1.98. The number of benzene rings is 1. The Balaban J connectivity index is 2.39. The molecule has 0 atom stereocenters. The van der Waals surface area contributed by atoms with Crippen molar-refractivity contribution in [3.63, 3.8) is 0 Å². The van der Waals surface area contributed by atoms with Gasteiger partial charge in [-0.25, -0.2) is 0 Å². The molecule has 0 saturated carbocycles. The van der Waals surface area contributed by atoms with Crippen molar-refractivity contribution in [2.75, 3.05) is 12.3 Å². The average Bonchev–Trinajstić information content (AvgIpc) is 2.25. The standard InChI is InChI=1S/C12H17ClN2S/c1-9(2)7-15-12(14)8-16-11-5-3-10(13)4-6-11/h3-6,9H,7-8H2,1-2H3,(H2,14,15). The summed E-state index contributed by atoms with van der Waals surface area (Å²) in [6.45, 7) is 5.05. The molecule has 2 nitrogen and oxygen atoms in total. The third-order valence-corrected chi connectivity index (χ3v) is 3.16. The van der Waals surface area contributed by atoms with Crippen LogP contribution in [0.1, 0.15) is 13.8 Å². The first kappa shape index (κ1) is 13.4. The van der Waals surface area contributed by atoms with Crippen LogP contribution in [0.5, 0.6) is 0 Å². The predicted octanol–water partition coefficient (Wildman–Crippen LogP) is 3.45. The van der Waals surface area contributed by atoms with Gasteiger partial charge in [0.05, 0.1) is 5.75 Å². The van der Waals surface area contributed by atoms with Crippen LogP contribution in [0.3, 0.4) is 0 Å². The molecule has 0 radical (unpaired) electrons. The Bertz CT molecular complexity index is 347. The van der Waals surface area contributed by atoms with Crippen molar-refractivity contribution in [2.45, 2.75) is 18.7 Å². The van der Waals surface area contributed by atoms with Gasteiger partial charge in [-0.05, 0) is 30.2 Å². The molecule has 1 aromatic carbocycles. The molecule has 2 N–H and O–H groups in total. The van der Waals surface area contributed by atoms with E-state index in [4.69, 9.17) is 17.3 Å². The molecule has 0 fully saturated rings. The fourth-order valence-electron chi connectivity index (χ4n) is 1.03. The second kappa shape index (κ2) is 6.81. The molecule has 0 heterocycles. The molecule has 0 amide bonds. The third-order valence-electron chi connectivity index (χ3n) is 1.86. The second-order valence-corrected chi connectivity index (χ2v) is 5.45. The highest BCUT2D eigenvalue weighted by Crippen LogP contribution is 2.19. The number of thioether (sulfide) groups is 1. The maximum absolute atomic E-state index is 5.80. The predicted molar refractivity (Wildman–Crippen MR) is 73.5 cm³/mol. The SMILES string of the molecule is CC(C)CN=C(N)CSc1ccc(Cl)cc1. The Morgan fingerprint density at radius 2 is 2.00 bits per heavy atom. The summed E-state index contributed by atoms with van der Waals surface area (Å²) in [4.78, 5) is 5.46. The van der Waals surface area contributed by atoms with Crippen LogP contribution in [0.4, 0.5) is 0 Å². The normalized spacial score (nSPS) is 12.1. The van der Waals surface area contributed by atoms with Crippen LogP contribution >= 0.6 is 23.4 Å². The summed E-state index contributed by atoms with van der Waals surface area (Å²) >= 11 is 7.48. The molecule has 4 heteroatoms. The van der Waals surface area contributed by atoms with Crippen molar-refractivity contribution in [1.82, 2.24) is 0 Å². The number of nitrogens with two attached hydrogens (primary N) is 1. The zero-order valence-corrected chi connectivity index (χ0v) is 11.2. The van der Waals surface area contributed by atoms with Crippen LogP contribution in [0.2, 0.25) is 5.02 Å². The van der Waals surface area contributed by atoms with Gasteiger partial charge in [0, 0.05) is 16.5 Å². The lowest BCUT2D eigenvalue weighted by Crippen LogP contribution is -2.16. The molecule has 1 aromatic rings. The van der Waals surface area contributed by atoms with Crippen LogP contribution < -0.4 is 5.73 Å². The van der Waals surface area contributed by atoms with Gasteiger partial charge in [-0.1, -0.05) is 25.4 Å². The first-order valence-corrected chi connectivity index (χ1v) is 6.61. The lowest BCUT2D eigenvalue weighted by atomic mass is 10.2. The van der Waals surface area contributed by atoms with Crippen LogP contribution in [-0.4, -0.2) is 18.1 Å². The van der Waals surface area contributed by atoms with Crippen molar-refractivity contribution in [2.24, 2.45) is 16.6 Å². The third kappa shape index (κ3) is 5.42. The molecule has 1 rings (SSSR count). The smallest absolute Gasteiger partial charge is 0.104 e. The molecular weight excluding hydrogens is 240 g/mol. The van der Waals surface area contributed by atoms with E-state index in [-0.39, 0.29) is 0 Å². The van der Waals surface area contributed by atoms with Crippen LogP contribution in [0.15, 0.2) is 34.2 Å². The molecule has 0 aromatic heterocycles. The van der Waals surface area contributed by atoms with Gasteiger partial charge in [0.15, 0.2) is 0 Å². The van der Waals surface area contributed by atoms with E-state index in [1.165, 1.54) is 0 Å². The van der Waals surface area contributed by atoms with Gasteiger partial charge in [-0.15, -0.1) is 11.8 Å². The number of hydrogen-bond donors (Lipinski definition) is 1. The fraction of sp³-hybridized carbons (Fsp3) is 0.417. The first-order chi connectivity index (χ1) is 7.58. The quantitative estimate of drug-likeness (QED) is 0.498. The fourth-order valence-corrected chi connectivity index (χ4v) is 1.89. The highest BCUT2D eigenvalue weighted by molar-refractivity contribution is 8.00. The summed E-state index contributed by atoms with van der Waals surface area (Å²) in [5.41, 5.74) is 5.80. The number of nitrogens with zero attached hydrogens (tertiary/aromatic N) is 1. The number of amidine groups is 1. The minimum atomic E-state index is 0.555. The number of aliphatic imine (C=N–C) groups is 1. The van der Waals surface area contributed by atoms with E-state index in [9.17, 15) is 0 Å². The van der Waals surface area contributed by atoms with Crippen LogP contribution in [0, 0.1) is 5.92 Å². The monoisotopic (exact) mass is 256 g/mol. The zero-order chi connectivity index (χ0) is 12.0. The Hall–Kier alpha value is -0.670. The molecule has 0 unspecified atom stereocenters. The largest absolute Gasteiger partial charge is 0.387 e. The van der Waals surface area contributed by atoms with Crippen molar-refractivity contribution in [1.29, 1.82) is 0 Å². The number of halogens is 1. The lowest BCUT2D eigenvalue weighted by molar-refractivity contribution is 0.665. The van der Waals surface area contributed by atoms with E-state index in [0.717, 1.165) is 22.2 Å². The molecule has 0 aliphatic rings. The maximum Gasteiger partial charge on any atom is 0.104 e. The van der Waals surface area contributed by atoms with E-state index >= 15 is 0 Å². The maximum atomic E-state index is 5.80. The average molecular weight is 257 g/mol. The first-order valence-electron chi connectivity index (χ1n) is 5.25. The van der Waals surface area contributed by atoms with Crippen molar-refractivity contribution < 1.29 is 0 Å². The molecule has 0 spiro atoms. The molecule has 0 aliphatic heterocycles. The van der Waals surface area contributed by atoms with Crippen molar-refractivity contribution in [3.8, 4) is 0 Å². The molecule has 16 heavy (non-hydrogen) atoms. The topological polar surface area (TPSA) is 38.4 Å². The minimum Gasteiger partial charge on any atom is -0.387 e. The summed E-state index contributed by atoms with van der Waals surface area (Å²) in [5.74, 6) is 1.99. The Morgan fingerprint density at radius 3 is 2.56 bits per heavy atom. The van der Waals surface area contributed by atoms with Gasteiger partial charge < -0.3 is 5.73 Å². The van der Waals surface area contributed by atoms with Gasteiger partial charge in [-0.2, -0.15) is 0 Å². The summed E-state index contributed by atoms with van der Waals surface area (Å²) in [6, 6.07) is 7.74. The van der Waals surface area contributed by atoms with E-state index < -0.39 is 0 Å². The number of hydrogen-bond acceptors (Lipinski definition) is 2. The lowest BCUT2D eigenvalue weighted by Gasteiger charge is -2.03. The van der Waals surface area contributed by atoms with Crippen molar-refractivity contribution in [3.05, 3.63) is 29.3 Å². The molecule has 0 bridgehead atoms. The van der Waals surface area contributed by atoms with Crippen LogP contribution in [-0.2, 0) is 0 Å². The summed E-state index contributed by atoms with van der Waals surface area (Å²) in [7, 11) is 0. The van der Waals surface area contributed by atoms with Crippen LogP contribution in [0.25, 0.3) is 0 Å². The molecule has 0 saturated heterocycles. The summed E-state index contributed by atoms with van der Waals surface area (Å²) in [6.07, 6.45) is 0. The Kier molecular flexibility index (Phi) is 5.71. The molecule has 0 aliphatic carbocycles. The van der Waals surface area contributed by atoms with Gasteiger partial charge >= 0.3 is 0 Å². The van der Waals surface area contributed by atoms with E-state index in [2.05, 4.69) is 18.8 Å². The van der Waals surface area contributed by atoms with Gasteiger partial charge in [0.25, 0.3) is 0 Å². The van der Waals surface area contributed by atoms with E-state index in [1.54, 1.807) is 11.8 Å². The van der Waals surface area contributed by atoms with Gasteiger partial charge in [-0.3, -0.25) is 4.99 Å². The summed E-state index contributed by atoms with van der Waals surface area (Å²) in [5, 5.41) is 0.755. The zero-order valence-electron chi connectivity index (χ0n) is 9.61.